The molecule has 78 valence electrons. The Kier molecular flexibility index (Phi) is 4.70. The molecular weight excluding hydrogens is 164 g/mol. The summed E-state index contributed by atoms with van der Waals surface area (Å²) in [6, 6.07) is 0.465. The lowest BCUT2D eigenvalue weighted by atomic mass is 9.94. The van der Waals surface area contributed by atoms with Crippen molar-refractivity contribution in [2.75, 3.05) is 13.2 Å². The van der Waals surface area contributed by atoms with E-state index in [9.17, 15) is 0 Å². The van der Waals surface area contributed by atoms with Gasteiger partial charge in [0, 0.05) is 19.3 Å². The van der Waals surface area contributed by atoms with E-state index in [1.54, 1.807) is 0 Å². The maximum Gasteiger partial charge on any atom is 0.0495 e. The fourth-order valence-corrected chi connectivity index (χ4v) is 1.97. The first-order valence-corrected chi connectivity index (χ1v) is 5.26. The molecule has 0 aromatic rings. The molecule has 0 aromatic carbocycles. The van der Waals surface area contributed by atoms with Gasteiger partial charge in [0.15, 0.2) is 0 Å². The zero-order valence-electron chi connectivity index (χ0n) is 8.75. The van der Waals surface area contributed by atoms with Crippen LogP contribution in [0.15, 0.2) is 0 Å². The highest BCUT2D eigenvalue weighted by Crippen LogP contribution is 2.20. The molecule has 1 rings (SSSR count). The highest BCUT2D eigenvalue weighted by molar-refractivity contribution is 4.73. The number of rotatable bonds is 5. The Hall–Kier alpha value is -0.120. The summed E-state index contributed by atoms with van der Waals surface area (Å²) >= 11 is 0. The Labute approximate surface area is 81.0 Å². The van der Waals surface area contributed by atoms with Crippen LogP contribution < -0.4 is 11.3 Å². The minimum absolute atomic E-state index is 0.465. The van der Waals surface area contributed by atoms with Crippen LogP contribution in [0.4, 0.5) is 0 Å². The highest BCUT2D eigenvalue weighted by Gasteiger charge is 2.20. The summed E-state index contributed by atoms with van der Waals surface area (Å²) in [5, 5.41) is 0. The van der Waals surface area contributed by atoms with Crippen molar-refractivity contribution < 1.29 is 4.74 Å². The average Bonchev–Trinajstić information content (AvgIpc) is 2.55. The molecule has 1 aliphatic rings. The smallest absolute Gasteiger partial charge is 0.0495 e. The summed E-state index contributed by atoms with van der Waals surface area (Å²) in [4.78, 5) is 0. The Bertz CT molecular complexity index is 133. The monoisotopic (exact) mass is 186 g/mol. The molecule has 0 amide bonds. The Balaban J connectivity index is 2.21. The lowest BCUT2D eigenvalue weighted by Crippen LogP contribution is -2.37. The summed E-state index contributed by atoms with van der Waals surface area (Å²) in [5.41, 5.74) is 2.90. The summed E-state index contributed by atoms with van der Waals surface area (Å²) in [6.45, 7) is 6.32. The molecule has 1 aliphatic heterocycles. The van der Waals surface area contributed by atoms with Crippen LogP contribution in [0.3, 0.4) is 0 Å². The van der Waals surface area contributed by atoms with Crippen molar-refractivity contribution >= 4 is 0 Å². The topological polar surface area (TPSA) is 47.3 Å². The van der Waals surface area contributed by atoms with Gasteiger partial charge in [0.25, 0.3) is 0 Å². The van der Waals surface area contributed by atoms with Crippen LogP contribution in [0.25, 0.3) is 0 Å². The number of nitrogens with one attached hydrogen (secondary N) is 1. The van der Waals surface area contributed by atoms with Crippen molar-refractivity contribution in [3.63, 3.8) is 0 Å². The fraction of sp³-hybridized carbons (Fsp3) is 1.00. The summed E-state index contributed by atoms with van der Waals surface area (Å²) in [5.74, 6) is 6.94. The van der Waals surface area contributed by atoms with Crippen LogP contribution >= 0.6 is 0 Å². The quantitative estimate of drug-likeness (QED) is 0.502. The molecule has 3 N–H and O–H groups in total. The second-order valence-electron chi connectivity index (χ2n) is 4.46. The van der Waals surface area contributed by atoms with Gasteiger partial charge < -0.3 is 4.74 Å². The van der Waals surface area contributed by atoms with Crippen LogP contribution in [0, 0.1) is 11.8 Å². The van der Waals surface area contributed by atoms with E-state index < -0.39 is 0 Å². The van der Waals surface area contributed by atoms with Gasteiger partial charge in [0.1, 0.15) is 0 Å². The first kappa shape index (κ1) is 11.0. The predicted octanol–water partition coefficient (Wildman–Crippen LogP) is 1.29. The molecule has 13 heavy (non-hydrogen) atoms. The van der Waals surface area contributed by atoms with E-state index in [0.717, 1.165) is 32.0 Å². The third kappa shape index (κ3) is 4.07. The zero-order chi connectivity index (χ0) is 9.68. The van der Waals surface area contributed by atoms with E-state index in [-0.39, 0.29) is 0 Å². The van der Waals surface area contributed by atoms with Gasteiger partial charge in [-0.3, -0.25) is 11.3 Å². The lowest BCUT2D eigenvalue weighted by molar-refractivity contribution is 0.180. The number of nitrogens with two attached hydrogens (primary N) is 1. The predicted molar refractivity (Wildman–Crippen MR) is 54.1 cm³/mol. The summed E-state index contributed by atoms with van der Waals surface area (Å²) < 4.78 is 5.34. The fourth-order valence-electron chi connectivity index (χ4n) is 1.97. The maximum absolute atomic E-state index is 5.51. The molecule has 1 heterocycles. The average molecular weight is 186 g/mol. The standard InChI is InChI=1S/C10H22N2O/c1-8(2)5-10(12-11)6-9-3-4-13-7-9/h8-10,12H,3-7,11H2,1-2H3. The summed E-state index contributed by atoms with van der Waals surface area (Å²) in [6.07, 6.45) is 3.53. The van der Waals surface area contributed by atoms with Crippen LogP contribution in [0.1, 0.15) is 33.1 Å². The largest absolute Gasteiger partial charge is 0.381 e. The van der Waals surface area contributed by atoms with Crippen LogP contribution in [-0.2, 0) is 4.74 Å². The van der Waals surface area contributed by atoms with E-state index >= 15 is 0 Å². The van der Waals surface area contributed by atoms with E-state index in [1.807, 2.05) is 0 Å². The molecular formula is C10H22N2O. The number of hydrazine groups is 1. The van der Waals surface area contributed by atoms with Crippen LogP contribution in [0.2, 0.25) is 0 Å². The Morgan fingerprint density at radius 3 is 2.77 bits per heavy atom. The molecule has 1 fully saturated rings. The van der Waals surface area contributed by atoms with E-state index in [0.29, 0.717) is 12.0 Å². The molecule has 1 saturated heterocycles. The van der Waals surface area contributed by atoms with Gasteiger partial charge in [0.05, 0.1) is 0 Å². The van der Waals surface area contributed by atoms with Gasteiger partial charge in [-0.15, -0.1) is 0 Å². The number of hydrogen-bond donors (Lipinski definition) is 2. The highest BCUT2D eigenvalue weighted by atomic mass is 16.5. The molecule has 0 spiro atoms. The minimum atomic E-state index is 0.465. The summed E-state index contributed by atoms with van der Waals surface area (Å²) in [7, 11) is 0. The lowest BCUT2D eigenvalue weighted by Gasteiger charge is -2.20. The molecule has 0 bridgehead atoms. The molecule has 0 radical (unpaired) electrons. The second-order valence-corrected chi connectivity index (χ2v) is 4.46. The SMILES string of the molecule is CC(C)CC(CC1CCOC1)NN. The van der Waals surface area contributed by atoms with Gasteiger partial charge in [-0.25, -0.2) is 0 Å². The third-order valence-electron chi connectivity index (χ3n) is 2.63. The maximum atomic E-state index is 5.51. The number of ether oxygens (including phenoxy) is 1. The Morgan fingerprint density at radius 1 is 1.54 bits per heavy atom. The number of hydrogen-bond acceptors (Lipinski definition) is 3. The van der Waals surface area contributed by atoms with Gasteiger partial charge >= 0.3 is 0 Å². The van der Waals surface area contributed by atoms with Crippen LogP contribution in [0.5, 0.6) is 0 Å². The molecule has 3 heteroatoms. The van der Waals surface area contributed by atoms with Crippen molar-refractivity contribution in [1.82, 2.24) is 5.43 Å². The van der Waals surface area contributed by atoms with Gasteiger partial charge in [-0.1, -0.05) is 13.8 Å². The molecule has 0 saturated carbocycles. The second kappa shape index (κ2) is 5.58. The third-order valence-corrected chi connectivity index (χ3v) is 2.63. The van der Waals surface area contributed by atoms with Crippen molar-refractivity contribution in [2.24, 2.45) is 17.7 Å². The van der Waals surface area contributed by atoms with Gasteiger partial charge in [0.2, 0.25) is 0 Å². The molecule has 2 atom stereocenters. The van der Waals surface area contributed by atoms with Crippen molar-refractivity contribution in [3.05, 3.63) is 0 Å². The van der Waals surface area contributed by atoms with Gasteiger partial charge in [-0.2, -0.15) is 0 Å². The first-order valence-electron chi connectivity index (χ1n) is 5.26. The van der Waals surface area contributed by atoms with Crippen molar-refractivity contribution in [1.29, 1.82) is 0 Å². The van der Waals surface area contributed by atoms with E-state index in [4.69, 9.17) is 10.6 Å². The van der Waals surface area contributed by atoms with Crippen molar-refractivity contribution in [2.45, 2.75) is 39.2 Å². The molecule has 3 nitrogen and oxygen atoms in total. The van der Waals surface area contributed by atoms with E-state index in [2.05, 4.69) is 19.3 Å². The zero-order valence-corrected chi connectivity index (χ0v) is 8.75. The van der Waals surface area contributed by atoms with Crippen molar-refractivity contribution in [3.8, 4) is 0 Å². The van der Waals surface area contributed by atoms with E-state index in [1.165, 1.54) is 6.42 Å². The molecule has 0 aliphatic carbocycles. The minimum Gasteiger partial charge on any atom is -0.381 e. The Morgan fingerprint density at radius 2 is 2.31 bits per heavy atom. The normalized spacial score (nSPS) is 25.4. The molecule has 2 unspecified atom stereocenters. The van der Waals surface area contributed by atoms with Gasteiger partial charge in [-0.05, 0) is 31.1 Å². The first-order chi connectivity index (χ1) is 6.22. The van der Waals surface area contributed by atoms with Crippen LogP contribution in [-0.4, -0.2) is 19.3 Å². The molecule has 0 aromatic heterocycles.